The summed E-state index contributed by atoms with van der Waals surface area (Å²) in [5.74, 6) is 1.83. The summed E-state index contributed by atoms with van der Waals surface area (Å²) in [7, 11) is 0. The summed E-state index contributed by atoms with van der Waals surface area (Å²) in [6.07, 6.45) is 10.5. The molecule has 0 heterocycles. The van der Waals surface area contributed by atoms with Gasteiger partial charge in [0.2, 0.25) is 0 Å². The molecule has 4 aliphatic carbocycles. The van der Waals surface area contributed by atoms with Crippen molar-refractivity contribution >= 4 is 16.7 Å². The van der Waals surface area contributed by atoms with Crippen molar-refractivity contribution in [3.05, 3.63) is 107 Å². The van der Waals surface area contributed by atoms with Crippen molar-refractivity contribution in [3.8, 4) is 11.1 Å². The van der Waals surface area contributed by atoms with Crippen molar-refractivity contribution in [3.63, 3.8) is 0 Å². The van der Waals surface area contributed by atoms with E-state index in [2.05, 4.69) is 60.7 Å². The highest BCUT2D eigenvalue weighted by molar-refractivity contribution is 5.95. The van der Waals surface area contributed by atoms with Gasteiger partial charge in [0, 0.05) is 6.61 Å². The molecule has 0 aromatic heterocycles. The molecule has 4 aliphatic rings. The lowest BCUT2D eigenvalue weighted by Gasteiger charge is -2.57. The van der Waals surface area contributed by atoms with Gasteiger partial charge in [-0.25, -0.2) is 4.79 Å². The number of fused-ring (bicyclic) bond motifs is 1. The van der Waals surface area contributed by atoms with Crippen LogP contribution in [-0.2, 0) is 23.2 Å². The normalized spacial score (nSPS) is 24.9. The summed E-state index contributed by atoms with van der Waals surface area (Å²) >= 11 is 0. The zero-order valence-electron chi connectivity index (χ0n) is 23.1. The molecule has 4 saturated carbocycles. The quantitative estimate of drug-likeness (QED) is 0.220. The van der Waals surface area contributed by atoms with E-state index in [1.807, 2.05) is 12.1 Å². The van der Waals surface area contributed by atoms with Crippen LogP contribution in [0.2, 0.25) is 0 Å². The van der Waals surface area contributed by atoms with Crippen LogP contribution in [0.5, 0.6) is 0 Å². The predicted octanol–water partition coefficient (Wildman–Crippen LogP) is 8.82. The van der Waals surface area contributed by atoms with E-state index in [0.29, 0.717) is 17.6 Å². The fourth-order valence-electron chi connectivity index (χ4n) is 8.60. The second-order valence-electron chi connectivity index (χ2n) is 12.8. The fourth-order valence-corrected chi connectivity index (χ4v) is 8.60. The molecule has 3 heteroatoms. The van der Waals surface area contributed by atoms with Crippen LogP contribution in [-0.4, -0.2) is 17.7 Å². The largest absolute Gasteiger partial charge is 0.478 e. The van der Waals surface area contributed by atoms with E-state index in [-0.39, 0.29) is 0 Å². The third-order valence-electron chi connectivity index (χ3n) is 9.99. The minimum absolute atomic E-state index is 0.332. The van der Waals surface area contributed by atoms with Gasteiger partial charge in [0.25, 0.3) is 0 Å². The van der Waals surface area contributed by atoms with Crippen LogP contribution in [0, 0.1) is 17.8 Å². The first kappa shape index (κ1) is 25.5. The predicted molar refractivity (Wildman–Crippen MR) is 161 cm³/mol. The molecule has 4 aromatic rings. The molecular formula is C37H38O3. The highest BCUT2D eigenvalue weighted by atomic mass is 16.5. The molecule has 8 rings (SSSR count). The molecule has 0 amide bonds. The number of rotatable bonds is 9. The van der Waals surface area contributed by atoms with E-state index in [9.17, 15) is 9.90 Å². The highest BCUT2D eigenvalue weighted by Crippen LogP contribution is 2.61. The molecule has 0 atom stereocenters. The Bertz CT molecular complexity index is 1500. The van der Waals surface area contributed by atoms with E-state index in [1.54, 1.807) is 17.7 Å². The number of hydrogen-bond donors (Lipinski definition) is 1. The summed E-state index contributed by atoms with van der Waals surface area (Å²) in [5, 5.41) is 11.4. The van der Waals surface area contributed by atoms with Gasteiger partial charge >= 0.3 is 5.97 Å². The molecule has 4 aromatic carbocycles. The maximum absolute atomic E-state index is 11.4. The van der Waals surface area contributed by atoms with Crippen molar-refractivity contribution < 1.29 is 14.6 Å². The zero-order valence-corrected chi connectivity index (χ0v) is 23.1. The Balaban J connectivity index is 1.17. The van der Waals surface area contributed by atoms with Gasteiger partial charge in [-0.15, -0.1) is 0 Å². The summed E-state index contributed by atoms with van der Waals surface area (Å²) < 4.78 is 6.05. The summed E-state index contributed by atoms with van der Waals surface area (Å²) in [6.45, 7) is 1.46. The topological polar surface area (TPSA) is 46.5 Å². The summed E-state index contributed by atoms with van der Waals surface area (Å²) in [6, 6.07) is 29.5. The average Bonchev–Trinajstić information content (AvgIpc) is 2.96. The van der Waals surface area contributed by atoms with Gasteiger partial charge in [0.05, 0.1) is 12.2 Å². The first-order chi connectivity index (χ1) is 19.5. The minimum Gasteiger partial charge on any atom is -0.478 e. The third kappa shape index (κ3) is 4.97. The first-order valence-corrected chi connectivity index (χ1v) is 15.1. The number of aromatic carboxylic acids is 1. The van der Waals surface area contributed by atoms with E-state index >= 15 is 0 Å². The number of ether oxygens (including phenoxy) is 1. The summed E-state index contributed by atoms with van der Waals surface area (Å²) in [5.41, 5.74) is 7.50. The Morgan fingerprint density at radius 1 is 0.775 bits per heavy atom. The Hall–Kier alpha value is -3.43. The summed E-state index contributed by atoms with van der Waals surface area (Å²) in [4.78, 5) is 11.4. The van der Waals surface area contributed by atoms with Crippen molar-refractivity contribution in [2.24, 2.45) is 17.8 Å². The Kier molecular flexibility index (Phi) is 6.71. The molecule has 3 nitrogen and oxygen atoms in total. The maximum Gasteiger partial charge on any atom is 0.335 e. The molecule has 1 N–H and O–H groups in total. The molecule has 40 heavy (non-hydrogen) atoms. The molecule has 0 radical (unpaired) electrons. The van der Waals surface area contributed by atoms with Crippen molar-refractivity contribution in [2.75, 3.05) is 6.61 Å². The third-order valence-corrected chi connectivity index (χ3v) is 9.99. The Labute approximate surface area is 237 Å². The van der Waals surface area contributed by atoms with E-state index in [1.165, 1.54) is 60.8 Å². The first-order valence-electron chi connectivity index (χ1n) is 15.1. The second-order valence-corrected chi connectivity index (χ2v) is 12.8. The van der Waals surface area contributed by atoms with Crippen LogP contribution >= 0.6 is 0 Å². The molecular weight excluding hydrogens is 492 g/mol. The van der Waals surface area contributed by atoms with Crippen LogP contribution in [0.25, 0.3) is 21.9 Å². The number of carboxylic acids is 1. The van der Waals surface area contributed by atoms with Crippen molar-refractivity contribution in [2.45, 2.75) is 63.4 Å². The van der Waals surface area contributed by atoms with E-state index in [4.69, 9.17) is 4.74 Å². The fraction of sp³-hybridized carbons (Fsp3) is 0.378. The minimum atomic E-state index is -0.882. The van der Waals surface area contributed by atoms with Gasteiger partial charge in [0.1, 0.15) is 0 Å². The van der Waals surface area contributed by atoms with Crippen LogP contribution in [0.3, 0.4) is 0 Å². The lowest BCUT2D eigenvalue weighted by atomic mass is 9.47. The van der Waals surface area contributed by atoms with Crippen LogP contribution < -0.4 is 0 Å². The van der Waals surface area contributed by atoms with Crippen LogP contribution in [0.1, 0.15) is 72.0 Å². The SMILES string of the molecule is O=C(O)c1ccc2cc(-c3ccc(CCCOCc4ccccc4)c(C45CC6CC(CC(C6)C4)C5)c3)ccc2c1. The van der Waals surface area contributed by atoms with Gasteiger partial charge in [-0.05, 0) is 131 Å². The average molecular weight is 531 g/mol. The zero-order chi connectivity index (χ0) is 27.1. The highest BCUT2D eigenvalue weighted by Gasteiger charge is 2.52. The lowest BCUT2D eigenvalue weighted by Crippen LogP contribution is -2.49. The molecule has 0 unspecified atom stereocenters. The maximum atomic E-state index is 11.4. The van der Waals surface area contributed by atoms with Crippen molar-refractivity contribution in [1.82, 2.24) is 0 Å². The number of aryl methyl sites for hydroxylation is 1. The standard InChI is InChI=1S/C37H38O3/c38-36(39)34-13-12-30-18-31(10-11-32(30)19-34)33-9-8-29(7-4-14-40-24-25-5-2-1-3-6-25)35(20-33)37-21-26-15-27(22-37)17-28(16-26)23-37/h1-3,5-6,8-13,18-20,26-28H,4,7,14-17,21-24H2,(H,38,39). The number of hydrogen-bond acceptors (Lipinski definition) is 2. The monoisotopic (exact) mass is 530 g/mol. The van der Waals surface area contributed by atoms with Crippen molar-refractivity contribution in [1.29, 1.82) is 0 Å². The molecule has 0 saturated heterocycles. The number of carbonyl (C=O) groups is 1. The Morgan fingerprint density at radius 2 is 1.43 bits per heavy atom. The van der Waals surface area contributed by atoms with Gasteiger partial charge in [-0.3, -0.25) is 0 Å². The number of benzene rings is 4. The molecule has 204 valence electrons. The van der Waals surface area contributed by atoms with Gasteiger partial charge in [0.15, 0.2) is 0 Å². The van der Waals surface area contributed by atoms with Crippen LogP contribution in [0.4, 0.5) is 0 Å². The Morgan fingerprint density at radius 3 is 2.15 bits per heavy atom. The number of carboxylic acid groups (broad SMARTS) is 1. The molecule has 0 aliphatic heterocycles. The molecule has 4 fully saturated rings. The molecule has 4 bridgehead atoms. The van der Waals surface area contributed by atoms with Crippen LogP contribution in [0.15, 0.2) is 84.9 Å². The van der Waals surface area contributed by atoms with E-state index in [0.717, 1.165) is 48.0 Å². The van der Waals surface area contributed by atoms with Gasteiger partial charge in [-0.2, -0.15) is 0 Å². The second kappa shape index (κ2) is 10.5. The van der Waals surface area contributed by atoms with Gasteiger partial charge < -0.3 is 9.84 Å². The van der Waals surface area contributed by atoms with Gasteiger partial charge in [-0.1, -0.05) is 66.7 Å². The smallest absolute Gasteiger partial charge is 0.335 e. The molecule has 0 spiro atoms. The lowest BCUT2D eigenvalue weighted by molar-refractivity contribution is -0.00561. The van der Waals surface area contributed by atoms with E-state index < -0.39 is 5.97 Å².